The molecule has 2 aromatic carbocycles. The number of benzene rings is 2. The molecule has 3 rings (SSSR count). The van der Waals surface area contributed by atoms with Crippen LogP contribution in [-0.2, 0) is 10.0 Å². The van der Waals surface area contributed by atoms with Crippen LogP contribution in [0.1, 0.15) is 0 Å². The summed E-state index contributed by atoms with van der Waals surface area (Å²) in [6.07, 6.45) is 0. The normalized spacial score (nSPS) is 16.3. The zero-order valence-electron chi connectivity index (χ0n) is 12.7. The fraction of sp³-hybridized carbons (Fsp3) is 0.250. The van der Waals surface area contributed by atoms with Gasteiger partial charge in [-0.05, 0) is 42.5 Å². The van der Waals surface area contributed by atoms with Gasteiger partial charge in [0.15, 0.2) is 0 Å². The summed E-state index contributed by atoms with van der Waals surface area (Å²) in [5.74, 6) is -0.457. The summed E-state index contributed by atoms with van der Waals surface area (Å²) in [6, 6.07) is 10.2. The molecule has 5 nitrogen and oxygen atoms in total. The lowest BCUT2D eigenvalue weighted by molar-refractivity contribution is 0.385. The third-order valence-electron chi connectivity index (χ3n) is 3.98. The van der Waals surface area contributed by atoms with Crippen molar-refractivity contribution in [2.24, 2.45) is 0 Å². The molecule has 8 heteroatoms. The molecule has 0 radical (unpaired) electrons. The molecule has 24 heavy (non-hydrogen) atoms. The number of halogens is 2. The average Bonchev–Trinajstić information content (AvgIpc) is 2.58. The van der Waals surface area contributed by atoms with Crippen LogP contribution < -0.4 is 4.90 Å². The van der Waals surface area contributed by atoms with E-state index < -0.39 is 15.8 Å². The van der Waals surface area contributed by atoms with Gasteiger partial charge in [-0.25, -0.2) is 12.8 Å². The van der Waals surface area contributed by atoms with Gasteiger partial charge in [-0.3, -0.25) is 0 Å². The van der Waals surface area contributed by atoms with Gasteiger partial charge in [0.1, 0.15) is 11.6 Å². The summed E-state index contributed by atoms with van der Waals surface area (Å²) in [5, 5.41) is 9.12. The molecule has 2 aromatic rings. The SMILES string of the molecule is O=S(=O)(c1ccc(F)c(Cl)c1)N1CCN(c2ccc(O)cc2)CC1. The van der Waals surface area contributed by atoms with E-state index in [0.29, 0.717) is 26.2 Å². The van der Waals surface area contributed by atoms with E-state index in [1.807, 2.05) is 4.90 Å². The predicted octanol–water partition coefficient (Wildman–Crippen LogP) is 2.70. The third kappa shape index (κ3) is 3.33. The molecule has 1 aliphatic rings. The first-order chi connectivity index (χ1) is 11.4. The Morgan fingerprint density at radius 1 is 1.00 bits per heavy atom. The van der Waals surface area contributed by atoms with Crippen LogP contribution in [-0.4, -0.2) is 44.0 Å². The zero-order chi connectivity index (χ0) is 17.3. The van der Waals surface area contributed by atoms with Crippen LogP contribution in [0, 0.1) is 5.82 Å². The van der Waals surface area contributed by atoms with Gasteiger partial charge >= 0.3 is 0 Å². The standard InChI is InChI=1S/C16H16ClFN2O3S/c17-15-11-14(5-6-16(15)18)24(22,23)20-9-7-19(8-10-20)12-1-3-13(21)4-2-12/h1-6,11,21H,7-10H2. The highest BCUT2D eigenvalue weighted by atomic mass is 35.5. The fourth-order valence-electron chi connectivity index (χ4n) is 2.64. The quantitative estimate of drug-likeness (QED) is 0.902. The monoisotopic (exact) mass is 370 g/mol. The van der Waals surface area contributed by atoms with Crippen LogP contribution in [0.25, 0.3) is 0 Å². The van der Waals surface area contributed by atoms with Gasteiger partial charge in [0, 0.05) is 31.9 Å². The molecular formula is C16H16ClFN2O3S. The molecule has 0 spiro atoms. The Morgan fingerprint density at radius 3 is 2.21 bits per heavy atom. The first-order valence-corrected chi connectivity index (χ1v) is 9.19. The highest BCUT2D eigenvalue weighted by Gasteiger charge is 2.29. The van der Waals surface area contributed by atoms with Crippen molar-refractivity contribution < 1.29 is 17.9 Å². The van der Waals surface area contributed by atoms with E-state index in [2.05, 4.69) is 0 Å². The second kappa shape index (κ2) is 6.58. The number of sulfonamides is 1. The molecule has 1 N–H and O–H groups in total. The second-order valence-corrected chi connectivity index (χ2v) is 7.83. The summed E-state index contributed by atoms with van der Waals surface area (Å²) >= 11 is 5.69. The number of phenolic OH excluding ortho intramolecular Hbond substituents is 1. The van der Waals surface area contributed by atoms with Gasteiger partial charge in [0.25, 0.3) is 0 Å². The minimum atomic E-state index is -3.70. The van der Waals surface area contributed by atoms with Crippen molar-refractivity contribution in [2.75, 3.05) is 31.1 Å². The van der Waals surface area contributed by atoms with E-state index in [-0.39, 0.29) is 15.7 Å². The zero-order valence-corrected chi connectivity index (χ0v) is 14.3. The highest BCUT2D eigenvalue weighted by Crippen LogP contribution is 2.25. The van der Waals surface area contributed by atoms with Gasteiger partial charge in [-0.1, -0.05) is 11.6 Å². The molecule has 1 heterocycles. The molecule has 1 fully saturated rings. The van der Waals surface area contributed by atoms with Crippen LogP contribution in [0.5, 0.6) is 5.75 Å². The molecule has 0 atom stereocenters. The van der Waals surface area contributed by atoms with Crippen molar-refractivity contribution in [1.29, 1.82) is 0 Å². The molecular weight excluding hydrogens is 355 g/mol. The fourth-order valence-corrected chi connectivity index (χ4v) is 4.33. The first-order valence-electron chi connectivity index (χ1n) is 7.37. The van der Waals surface area contributed by atoms with E-state index >= 15 is 0 Å². The molecule has 0 aromatic heterocycles. The van der Waals surface area contributed by atoms with Crippen LogP contribution in [0.4, 0.5) is 10.1 Å². The predicted molar refractivity (Wildman–Crippen MR) is 90.5 cm³/mol. The minimum Gasteiger partial charge on any atom is -0.508 e. The van der Waals surface area contributed by atoms with Gasteiger partial charge in [0.05, 0.1) is 9.92 Å². The Morgan fingerprint density at radius 2 is 1.62 bits per heavy atom. The van der Waals surface area contributed by atoms with Crippen LogP contribution in [0.2, 0.25) is 5.02 Å². The molecule has 0 amide bonds. The molecule has 0 bridgehead atoms. The summed E-state index contributed by atoms with van der Waals surface area (Å²) in [6.45, 7) is 1.69. The molecule has 128 valence electrons. The number of hydrogen-bond acceptors (Lipinski definition) is 4. The maximum absolute atomic E-state index is 13.2. The van der Waals surface area contributed by atoms with Gasteiger partial charge in [0.2, 0.25) is 10.0 Å². The summed E-state index contributed by atoms with van der Waals surface area (Å²) in [5.41, 5.74) is 0.926. The van der Waals surface area contributed by atoms with Crippen LogP contribution in [0.15, 0.2) is 47.4 Å². The van der Waals surface area contributed by atoms with Crippen molar-refractivity contribution in [3.63, 3.8) is 0 Å². The summed E-state index contributed by atoms with van der Waals surface area (Å²) in [4.78, 5) is 2.04. The summed E-state index contributed by atoms with van der Waals surface area (Å²) in [7, 11) is -3.70. The number of phenols is 1. The Kier molecular flexibility index (Phi) is 4.67. The lowest BCUT2D eigenvalue weighted by Crippen LogP contribution is -2.48. The van der Waals surface area contributed by atoms with Gasteiger partial charge in [-0.2, -0.15) is 4.31 Å². The maximum atomic E-state index is 13.2. The average molecular weight is 371 g/mol. The van der Waals surface area contributed by atoms with Gasteiger partial charge < -0.3 is 10.0 Å². The third-order valence-corrected chi connectivity index (χ3v) is 6.17. The van der Waals surface area contributed by atoms with E-state index in [1.54, 1.807) is 24.3 Å². The number of nitrogens with zero attached hydrogens (tertiary/aromatic N) is 2. The largest absolute Gasteiger partial charge is 0.508 e. The number of rotatable bonds is 3. The Labute approximate surface area is 144 Å². The molecule has 0 saturated carbocycles. The molecule has 0 unspecified atom stereocenters. The number of piperazine rings is 1. The van der Waals surface area contributed by atoms with E-state index in [9.17, 15) is 17.9 Å². The lowest BCUT2D eigenvalue weighted by Gasteiger charge is -2.35. The Hall–Kier alpha value is -1.83. The highest BCUT2D eigenvalue weighted by molar-refractivity contribution is 7.89. The lowest BCUT2D eigenvalue weighted by atomic mass is 10.2. The first kappa shape index (κ1) is 17.0. The van der Waals surface area contributed by atoms with E-state index in [0.717, 1.165) is 17.8 Å². The molecule has 0 aliphatic carbocycles. The molecule has 1 saturated heterocycles. The maximum Gasteiger partial charge on any atom is 0.243 e. The van der Waals surface area contributed by atoms with Crippen molar-refractivity contribution >= 4 is 27.3 Å². The number of anilines is 1. The minimum absolute atomic E-state index is 0.00742. The van der Waals surface area contributed by atoms with Crippen molar-refractivity contribution in [2.45, 2.75) is 4.90 Å². The Bertz CT molecular complexity index is 835. The van der Waals surface area contributed by atoms with E-state index in [4.69, 9.17) is 11.6 Å². The summed E-state index contributed by atoms with van der Waals surface area (Å²) < 4.78 is 39.9. The van der Waals surface area contributed by atoms with Crippen molar-refractivity contribution in [3.8, 4) is 5.75 Å². The Balaban J connectivity index is 1.73. The van der Waals surface area contributed by atoms with Crippen molar-refractivity contribution in [1.82, 2.24) is 4.31 Å². The van der Waals surface area contributed by atoms with Crippen molar-refractivity contribution in [3.05, 3.63) is 53.3 Å². The van der Waals surface area contributed by atoms with E-state index in [1.165, 1.54) is 10.4 Å². The smallest absolute Gasteiger partial charge is 0.243 e. The van der Waals surface area contributed by atoms with Crippen LogP contribution >= 0.6 is 11.6 Å². The van der Waals surface area contributed by atoms with Gasteiger partial charge in [-0.15, -0.1) is 0 Å². The topological polar surface area (TPSA) is 60.9 Å². The van der Waals surface area contributed by atoms with Crippen LogP contribution in [0.3, 0.4) is 0 Å². The number of hydrogen-bond donors (Lipinski definition) is 1. The molecule has 1 aliphatic heterocycles. The number of aromatic hydroxyl groups is 1. The second-order valence-electron chi connectivity index (χ2n) is 5.48.